The fraction of sp³-hybridized carbons (Fsp3) is 0.429. The van der Waals surface area contributed by atoms with E-state index >= 15 is 0 Å². The molecule has 0 spiro atoms. The molecule has 0 saturated carbocycles. The summed E-state index contributed by atoms with van der Waals surface area (Å²) in [4.78, 5) is 16.1. The highest BCUT2D eigenvalue weighted by Gasteiger charge is 2.08. The second-order valence-electron chi connectivity index (χ2n) is 4.38. The molecule has 0 atom stereocenters. The van der Waals surface area contributed by atoms with Gasteiger partial charge in [-0.25, -0.2) is 4.98 Å². The molecule has 0 amide bonds. The van der Waals surface area contributed by atoms with Gasteiger partial charge in [-0.1, -0.05) is 6.92 Å². The van der Waals surface area contributed by atoms with Crippen molar-refractivity contribution in [3.8, 4) is 0 Å². The predicted octanol–water partition coefficient (Wildman–Crippen LogP) is 2.74. The van der Waals surface area contributed by atoms with Crippen LogP contribution >= 0.6 is 0 Å². The van der Waals surface area contributed by atoms with Crippen molar-refractivity contribution in [3.63, 3.8) is 0 Å². The molecule has 0 aliphatic carbocycles. The molecule has 2 heterocycles. The maximum absolute atomic E-state index is 11.7. The first-order valence-electron chi connectivity index (χ1n) is 6.43. The van der Waals surface area contributed by atoms with E-state index in [2.05, 4.69) is 16.5 Å². The summed E-state index contributed by atoms with van der Waals surface area (Å²) in [6.45, 7) is 5.74. The first kappa shape index (κ1) is 12.6. The highest BCUT2D eigenvalue weighted by molar-refractivity contribution is 5.95. The molecule has 0 aliphatic heterocycles. The number of imidazole rings is 1. The third-order valence-electron chi connectivity index (χ3n) is 3.02. The Morgan fingerprint density at radius 3 is 2.89 bits per heavy atom. The van der Waals surface area contributed by atoms with Gasteiger partial charge in [0.2, 0.25) is 0 Å². The highest BCUT2D eigenvalue weighted by Crippen LogP contribution is 2.08. The summed E-state index contributed by atoms with van der Waals surface area (Å²) in [7, 11) is 0. The molecule has 0 N–H and O–H groups in total. The number of ketones is 1. The van der Waals surface area contributed by atoms with Crippen LogP contribution in [0.2, 0.25) is 0 Å². The van der Waals surface area contributed by atoms with E-state index < -0.39 is 0 Å². The second-order valence-corrected chi connectivity index (χ2v) is 4.38. The van der Waals surface area contributed by atoms with Crippen LogP contribution in [0.15, 0.2) is 30.9 Å². The van der Waals surface area contributed by atoms with E-state index in [0.717, 1.165) is 24.4 Å². The molecular weight excluding hydrogens is 226 g/mol. The predicted molar refractivity (Wildman–Crippen MR) is 70.7 cm³/mol. The standard InChI is InChI=1S/C14H19N3O/c1-3-5-13(18)12-6-8-16(10-12)11-14-15-7-9-17(14)4-2/h6-10H,3-5,11H2,1-2H3. The highest BCUT2D eigenvalue weighted by atomic mass is 16.1. The minimum absolute atomic E-state index is 0.218. The largest absolute Gasteiger partial charge is 0.346 e. The Bertz CT molecular complexity index is 525. The van der Waals surface area contributed by atoms with E-state index in [1.165, 1.54) is 0 Å². The number of nitrogens with zero attached hydrogens (tertiary/aromatic N) is 3. The number of carbonyl (C=O) groups is 1. The van der Waals surface area contributed by atoms with Crippen LogP contribution in [-0.2, 0) is 13.1 Å². The number of Topliss-reactive ketones (excluding diaryl/α,β-unsaturated/α-hetero) is 1. The van der Waals surface area contributed by atoms with Crippen molar-refractivity contribution in [2.75, 3.05) is 0 Å². The monoisotopic (exact) mass is 245 g/mol. The summed E-state index contributed by atoms with van der Waals surface area (Å²) in [6.07, 6.45) is 9.15. The second kappa shape index (κ2) is 5.67. The van der Waals surface area contributed by atoms with E-state index in [0.29, 0.717) is 13.0 Å². The molecule has 96 valence electrons. The van der Waals surface area contributed by atoms with Crippen molar-refractivity contribution < 1.29 is 4.79 Å². The molecule has 0 aliphatic rings. The van der Waals surface area contributed by atoms with Crippen molar-refractivity contribution in [1.29, 1.82) is 0 Å². The van der Waals surface area contributed by atoms with Crippen molar-refractivity contribution in [3.05, 3.63) is 42.2 Å². The average molecular weight is 245 g/mol. The van der Waals surface area contributed by atoms with Crippen LogP contribution < -0.4 is 0 Å². The number of aryl methyl sites for hydroxylation is 1. The number of hydrogen-bond donors (Lipinski definition) is 0. The van der Waals surface area contributed by atoms with E-state index in [4.69, 9.17) is 0 Å². The van der Waals surface area contributed by atoms with E-state index in [-0.39, 0.29) is 5.78 Å². The first-order chi connectivity index (χ1) is 8.74. The Labute approximate surface area is 107 Å². The quantitative estimate of drug-likeness (QED) is 0.734. The molecule has 2 rings (SSSR count). The van der Waals surface area contributed by atoms with Crippen molar-refractivity contribution in [2.45, 2.75) is 39.8 Å². The molecule has 0 bridgehead atoms. The van der Waals surface area contributed by atoms with Gasteiger partial charge in [0.25, 0.3) is 0 Å². The van der Waals surface area contributed by atoms with Crippen LogP contribution in [0.3, 0.4) is 0 Å². The smallest absolute Gasteiger partial charge is 0.164 e. The molecule has 0 aromatic carbocycles. The molecule has 0 saturated heterocycles. The van der Waals surface area contributed by atoms with Crippen molar-refractivity contribution >= 4 is 5.78 Å². The summed E-state index contributed by atoms with van der Waals surface area (Å²) < 4.78 is 4.12. The van der Waals surface area contributed by atoms with Crippen LogP contribution in [0.5, 0.6) is 0 Å². The van der Waals surface area contributed by atoms with Gasteiger partial charge in [-0.15, -0.1) is 0 Å². The van der Waals surface area contributed by atoms with Crippen LogP contribution in [0.4, 0.5) is 0 Å². The van der Waals surface area contributed by atoms with Gasteiger partial charge >= 0.3 is 0 Å². The molecule has 0 radical (unpaired) electrons. The van der Waals surface area contributed by atoms with Gasteiger partial charge in [0.1, 0.15) is 5.82 Å². The Hall–Kier alpha value is -1.84. The Kier molecular flexibility index (Phi) is 3.97. The zero-order valence-corrected chi connectivity index (χ0v) is 11.0. The van der Waals surface area contributed by atoms with Gasteiger partial charge in [-0.3, -0.25) is 4.79 Å². The molecule has 2 aromatic heterocycles. The van der Waals surface area contributed by atoms with E-state index in [1.807, 2.05) is 42.3 Å². The zero-order valence-electron chi connectivity index (χ0n) is 11.0. The number of carbonyl (C=O) groups excluding carboxylic acids is 1. The Morgan fingerprint density at radius 1 is 1.33 bits per heavy atom. The molecule has 18 heavy (non-hydrogen) atoms. The van der Waals surface area contributed by atoms with Gasteiger partial charge in [-0.2, -0.15) is 0 Å². The van der Waals surface area contributed by atoms with Crippen molar-refractivity contribution in [2.24, 2.45) is 0 Å². The Balaban J connectivity index is 2.09. The van der Waals surface area contributed by atoms with Gasteiger partial charge in [0.05, 0.1) is 6.54 Å². The molecule has 4 nitrogen and oxygen atoms in total. The zero-order chi connectivity index (χ0) is 13.0. The normalized spacial score (nSPS) is 10.8. The fourth-order valence-electron chi connectivity index (χ4n) is 2.02. The molecular formula is C14H19N3O. The minimum atomic E-state index is 0.218. The van der Waals surface area contributed by atoms with Gasteiger partial charge < -0.3 is 9.13 Å². The maximum Gasteiger partial charge on any atom is 0.164 e. The lowest BCUT2D eigenvalue weighted by Gasteiger charge is -2.05. The van der Waals surface area contributed by atoms with E-state index in [9.17, 15) is 4.79 Å². The summed E-state index contributed by atoms with van der Waals surface area (Å²) in [6, 6.07) is 1.89. The topological polar surface area (TPSA) is 39.8 Å². The molecule has 2 aromatic rings. The lowest BCUT2D eigenvalue weighted by Crippen LogP contribution is -2.06. The summed E-state index contributed by atoms with van der Waals surface area (Å²) in [5.74, 6) is 1.23. The van der Waals surface area contributed by atoms with Crippen LogP contribution in [0.25, 0.3) is 0 Å². The van der Waals surface area contributed by atoms with Crippen LogP contribution in [0.1, 0.15) is 42.9 Å². The van der Waals surface area contributed by atoms with Crippen molar-refractivity contribution in [1.82, 2.24) is 14.1 Å². The van der Waals surface area contributed by atoms with Crippen LogP contribution in [-0.4, -0.2) is 19.9 Å². The summed E-state index contributed by atoms with van der Waals surface area (Å²) >= 11 is 0. The van der Waals surface area contributed by atoms with Gasteiger partial charge in [-0.05, 0) is 19.4 Å². The SMILES string of the molecule is CCCC(=O)c1ccn(Cc2nccn2CC)c1. The summed E-state index contributed by atoms with van der Waals surface area (Å²) in [5, 5.41) is 0. The lowest BCUT2D eigenvalue weighted by atomic mass is 10.1. The van der Waals surface area contributed by atoms with Crippen LogP contribution in [0, 0.1) is 0 Å². The Morgan fingerprint density at radius 2 is 2.17 bits per heavy atom. The number of aromatic nitrogens is 3. The molecule has 0 fully saturated rings. The van der Waals surface area contributed by atoms with Gasteiger partial charge in [0.15, 0.2) is 5.78 Å². The third kappa shape index (κ3) is 2.70. The fourth-order valence-corrected chi connectivity index (χ4v) is 2.02. The lowest BCUT2D eigenvalue weighted by molar-refractivity contribution is 0.0981. The summed E-state index contributed by atoms with van der Waals surface area (Å²) in [5.41, 5.74) is 0.798. The minimum Gasteiger partial charge on any atom is -0.346 e. The number of hydrogen-bond acceptors (Lipinski definition) is 2. The molecule has 4 heteroatoms. The number of rotatable bonds is 6. The average Bonchev–Trinajstić information content (AvgIpc) is 2.99. The van der Waals surface area contributed by atoms with Gasteiger partial charge in [0, 0.05) is 43.3 Å². The maximum atomic E-state index is 11.7. The van der Waals surface area contributed by atoms with E-state index in [1.54, 1.807) is 0 Å². The third-order valence-corrected chi connectivity index (χ3v) is 3.02. The molecule has 0 unspecified atom stereocenters. The first-order valence-corrected chi connectivity index (χ1v) is 6.43.